The zero-order valence-electron chi connectivity index (χ0n) is 17.5. The Bertz CT molecular complexity index is 19.2. The molecule has 0 heteroatoms. The van der Waals surface area contributed by atoms with E-state index in [1.165, 1.54) is 32.1 Å². The second-order valence-electron chi connectivity index (χ2n) is 2.06. The van der Waals surface area contributed by atoms with Crippen molar-refractivity contribution in [3.63, 3.8) is 0 Å². The van der Waals surface area contributed by atoms with E-state index >= 15 is 0 Å². The second kappa shape index (κ2) is 208. The standard InChI is InChI=1S/C7H16.6C2H6/c1-3-5-7-6-4-2;6*1-2/h3-7H2,1-2H3;6*1-2H3. The molecule has 0 spiro atoms. The predicted octanol–water partition coefficient (Wildman–Crippen LogP) is 9.13. The van der Waals surface area contributed by atoms with Gasteiger partial charge in [0.1, 0.15) is 0 Å². The molecule has 0 aliphatic carbocycles. The van der Waals surface area contributed by atoms with Crippen LogP contribution in [0.1, 0.15) is 129 Å². The molecule has 19 heavy (non-hydrogen) atoms. The van der Waals surface area contributed by atoms with Crippen molar-refractivity contribution in [3.8, 4) is 0 Å². The van der Waals surface area contributed by atoms with Gasteiger partial charge in [-0.2, -0.15) is 0 Å². The summed E-state index contributed by atoms with van der Waals surface area (Å²) in [5.41, 5.74) is 0. The maximum absolute atomic E-state index is 2.25. The molecule has 0 aliphatic heterocycles. The van der Waals surface area contributed by atoms with Gasteiger partial charge < -0.3 is 0 Å². The van der Waals surface area contributed by atoms with Gasteiger partial charge in [0.05, 0.1) is 0 Å². The summed E-state index contributed by atoms with van der Waals surface area (Å²) in [7, 11) is 0. The molecule has 0 aromatic heterocycles. The zero-order chi connectivity index (χ0) is 17.5. The molecule has 0 aliphatic rings. The maximum Gasteiger partial charge on any atom is -0.0533 e. The van der Waals surface area contributed by atoms with Crippen LogP contribution >= 0.6 is 0 Å². The first-order valence-electron chi connectivity index (χ1n) is 9.41. The maximum atomic E-state index is 2.25. The molecule has 0 heterocycles. The Morgan fingerprint density at radius 1 is 0.316 bits per heavy atom. The smallest absolute Gasteiger partial charge is 0.0533 e. The summed E-state index contributed by atoms with van der Waals surface area (Å²) in [6.07, 6.45) is 7.01. The van der Waals surface area contributed by atoms with Gasteiger partial charge >= 0.3 is 0 Å². The number of hydrogen-bond donors (Lipinski definition) is 0. The molecule has 0 rings (SSSR count). The van der Waals surface area contributed by atoms with E-state index in [0.29, 0.717) is 0 Å². The topological polar surface area (TPSA) is 0 Å². The van der Waals surface area contributed by atoms with Crippen LogP contribution < -0.4 is 0 Å². The molecule has 0 atom stereocenters. The molecular weight excluding hydrogens is 228 g/mol. The predicted molar refractivity (Wildman–Crippen MR) is 103 cm³/mol. The Labute approximate surface area is 129 Å². The van der Waals surface area contributed by atoms with Crippen molar-refractivity contribution in [1.29, 1.82) is 0 Å². The first-order valence-corrected chi connectivity index (χ1v) is 9.41. The Morgan fingerprint density at radius 2 is 0.474 bits per heavy atom. The fraction of sp³-hybridized carbons (Fsp3) is 1.00. The lowest BCUT2D eigenvalue weighted by atomic mass is 10.2. The molecule has 0 bridgehead atoms. The first-order chi connectivity index (χ1) is 9.41. The summed E-state index contributed by atoms with van der Waals surface area (Å²) < 4.78 is 0. The van der Waals surface area contributed by atoms with Gasteiger partial charge in [0.25, 0.3) is 0 Å². The molecule has 0 aromatic carbocycles. The van der Waals surface area contributed by atoms with Crippen LogP contribution in [0.3, 0.4) is 0 Å². The first kappa shape index (κ1) is 42.8. The molecule has 128 valence electrons. The van der Waals surface area contributed by atoms with E-state index < -0.39 is 0 Å². The third-order valence-electron chi connectivity index (χ3n) is 1.21. The highest BCUT2D eigenvalue weighted by Gasteiger charge is 1.80. The Kier molecular flexibility index (Phi) is 468. The Balaban J connectivity index is -0.0000000205. The molecule has 0 amide bonds. The van der Waals surface area contributed by atoms with Crippen molar-refractivity contribution in [3.05, 3.63) is 0 Å². The van der Waals surface area contributed by atoms with Crippen molar-refractivity contribution in [2.24, 2.45) is 0 Å². The minimum atomic E-state index is 1.36. The van der Waals surface area contributed by atoms with Crippen LogP contribution in [0, 0.1) is 0 Å². The zero-order valence-corrected chi connectivity index (χ0v) is 17.5. The molecule has 0 radical (unpaired) electrons. The van der Waals surface area contributed by atoms with Crippen LogP contribution in [-0.4, -0.2) is 0 Å². The lowest BCUT2D eigenvalue weighted by molar-refractivity contribution is 0.656. The fourth-order valence-electron chi connectivity index (χ4n) is 0.677. The number of unbranched alkanes of at least 4 members (excludes halogenated alkanes) is 4. The van der Waals surface area contributed by atoms with Gasteiger partial charge in [0, 0.05) is 0 Å². The summed E-state index contributed by atoms with van der Waals surface area (Å²) >= 11 is 0. The summed E-state index contributed by atoms with van der Waals surface area (Å²) in [6, 6.07) is 0. The van der Waals surface area contributed by atoms with Crippen molar-refractivity contribution in [2.75, 3.05) is 0 Å². The van der Waals surface area contributed by atoms with E-state index in [9.17, 15) is 0 Å². The van der Waals surface area contributed by atoms with Gasteiger partial charge in [-0.15, -0.1) is 0 Å². The molecule has 0 nitrogen and oxygen atoms in total. The summed E-state index contributed by atoms with van der Waals surface area (Å²) in [5, 5.41) is 0. The van der Waals surface area contributed by atoms with Gasteiger partial charge in [0.15, 0.2) is 0 Å². The lowest BCUT2D eigenvalue weighted by Crippen LogP contribution is -1.70. The molecular formula is C19H52. The minimum Gasteiger partial charge on any atom is -0.0683 e. The van der Waals surface area contributed by atoms with E-state index in [2.05, 4.69) is 13.8 Å². The highest BCUT2D eigenvalue weighted by Crippen LogP contribution is 2.00. The molecule has 0 aromatic rings. The quantitative estimate of drug-likeness (QED) is 0.450. The van der Waals surface area contributed by atoms with Gasteiger partial charge in [-0.3, -0.25) is 0 Å². The van der Waals surface area contributed by atoms with Gasteiger partial charge in [0.2, 0.25) is 0 Å². The van der Waals surface area contributed by atoms with E-state index in [4.69, 9.17) is 0 Å². The number of rotatable bonds is 4. The molecule has 0 saturated heterocycles. The molecule has 0 saturated carbocycles. The Hall–Kier alpha value is 0. The van der Waals surface area contributed by atoms with E-state index in [-0.39, 0.29) is 0 Å². The van der Waals surface area contributed by atoms with E-state index in [1.54, 1.807) is 0 Å². The highest BCUT2D eigenvalue weighted by atomic mass is 13.9. The van der Waals surface area contributed by atoms with Crippen LogP contribution in [0.25, 0.3) is 0 Å². The van der Waals surface area contributed by atoms with Crippen LogP contribution in [-0.2, 0) is 0 Å². The molecule has 0 unspecified atom stereocenters. The summed E-state index contributed by atoms with van der Waals surface area (Å²) in [4.78, 5) is 0. The van der Waals surface area contributed by atoms with Gasteiger partial charge in [-0.1, -0.05) is 129 Å². The van der Waals surface area contributed by atoms with Gasteiger partial charge in [-0.05, 0) is 0 Å². The third-order valence-corrected chi connectivity index (χ3v) is 1.21. The highest BCUT2D eigenvalue weighted by molar-refractivity contribution is 4.35. The fourth-order valence-corrected chi connectivity index (χ4v) is 0.677. The normalized spacial score (nSPS) is 5.37. The summed E-state index contributed by atoms with van der Waals surface area (Å²) in [6.45, 7) is 28.5. The largest absolute Gasteiger partial charge is 0.0683 e. The van der Waals surface area contributed by atoms with Crippen LogP contribution in [0.4, 0.5) is 0 Å². The lowest BCUT2D eigenvalue weighted by Gasteiger charge is -1.90. The second-order valence-corrected chi connectivity index (χ2v) is 2.06. The van der Waals surface area contributed by atoms with Crippen LogP contribution in [0.15, 0.2) is 0 Å². The average Bonchev–Trinajstić information content (AvgIpc) is 2.59. The Morgan fingerprint density at radius 3 is 0.579 bits per heavy atom. The third kappa shape index (κ3) is 288. The van der Waals surface area contributed by atoms with E-state index in [0.717, 1.165) is 0 Å². The molecule has 0 N–H and O–H groups in total. The van der Waals surface area contributed by atoms with Crippen LogP contribution in [0.5, 0.6) is 0 Å². The van der Waals surface area contributed by atoms with Crippen molar-refractivity contribution in [1.82, 2.24) is 0 Å². The summed E-state index contributed by atoms with van der Waals surface area (Å²) in [5.74, 6) is 0. The van der Waals surface area contributed by atoms with Crippen molar-refractivity contribution < 1.29 is 0 Å². The van der Waals surface area contributed by atoms with Crippen molar-refractivity contribution in [2.45, 2.75) is 129 Å². The number of hydrogen-bond acceptors (Lipinski definition) is 0. The minimum absolute atomic E-state index is 1.36. The van der Waals surface area contributed by atoms with Crippen molar-refractivity contribution >= 4 is 0 Å². The van der Waals surface area contributed by atoms with Crippen LogP contribution in [0.2, 0.25) is 0 Å². The SMILES string of the molecule is CC.CC.CC.CC.CC.CC.CCCCCCC. The average molecular weight is 281 g/mol. The monoisotopic (exact) mass is 280 g/mol. The molecule has 0 fully saturated rings. The van der Waals surface area contributed by atoms with E-state index in [1.807, 2.05) is 83.1 Å². The van der Waals surface area contributed by atoms with Gasteiger partial charge in [-0.25, -0.2) is 0 Å².